The Kier molecular flexibility index (Phi) is 3.71. The minimum atomic E-state index is -4.49. The highest BCUT2D eigenvalue weighted by Crippen LogP contribution is 2.26. The first-order valence-corrected chi connectivity index (χ1v) is 6.43. The lowest BCUT2D eigenvalue weighted by molar-refractivity contribution is -0.129. The number of sulfone groups is 1. The van der Waals surface area contributed by atoms with Crippen LogP contribution in [0.4, 0.5) is 18.9 Å². The molecule has 7 heteroatoms. The van der Waals surface area contributed by atoms with Crippen LogP contribution in [0.1, 0.15) is 12.0 Å². The van der Waals surface area contributed by atoms with Gasteiger partial charge in [0, 0.05) is 0 Å². The zero-order valence-electron chi connectivity index (χ0n) is 9.08. The Balaban J connectivity index is 3.02. The van der Waals surface area contributed by atoms with E-state index in [0.717, 1.165) is 0 Å². The molecule has 0 saturated carbocycles. The summed E-state index contributed by atoms with van der Waals surface area (Å²) in [5.74, 6) is -0.982. The fourth-order valence-corrected chi connectivity index (χ4v) is 2.79. The van der Waals surface area contributed by atoms with Gasteiger partial charge in [-0.3, -0.25) is 0 Å². The second-order valence-electron chi connectivity index (χ2n) is 3.67. The minimum absolute atomic E-state index is 0.00896. The summed E-state index contributed by atoms with van der Waals surface area (Å²) in [5, 5.41) is 0. The molecule has 0 amide bonds. The van der Waals surface area contributed by atoms with E-state index in [4.69, 9.17) is 5.73 Å². The van der Waals surface area contributed by atoms with Gasteiger partial charge in [0.1, 0.15) is 0 Å². The maximum atomic E-state index is 12.0. The predicted molar refractivity (Wildman–Crippen MR) is 58.3 cm³/mol. The first-order chi connectivity index (χ1) is 7.63. The molecule has 96 valence electrons. The molecule has 0 aromatic heterocycles. The van der Waals surface area contributed by atoms with Gasteiger partial charge < -0.3 is 5.73 Å². The monoisotopic (exact) mass is 267 g/mol. The number of anilines is 1. The highest BCUT2D eigenvalue weighted by molar-refractivity contribution is 7.91. The van der Waals surface area contributed by atoms with Gasteiger partial charge in [0.25, 0.3) is 0 Å². The van der Waals surface area contributed by atoms with Crippen molar-refractivity contribution in [3.63, 3.8) is 0 Å². The molecular weight excluding hydrogens is 255 g/mol. The van der Waals surface area contributed by atoms with Crippen molar-refractivity contribution < 1.29 is 21.6 Å². The van der Waals surface area contributed by atoms with Crippen molar-refractivity contribution in [2.75, 3.05) is 11.5 Å². The summed E-state index contributed by atoms with van der Waals surface area (Å²) in [6, 6.07) is 4.26. The van der Waals surface area contributed by atoms with Crippen LogP contribution in [-0.2, 0) is 9.84 Å². The van der Waals surface area contributed by atoms with Crippen LogP contribution in [0.25, 0.3) is 0 Å². The van der Waals surface area contributed by atoms with Crippen molar-refractivity contribution in [2.45, 2.75) is 24.4 Å². The van der Waals surface area contributed by atoms with Crippen molar-refractivity contribution in [1.82, 2.24) is 0 Å². The number of hydrogen-bond donors (Lipinski definition) is 1. The van der Waals surface area contributed by atoms with Crippen LogP contribution >= 0.6 is 0 Å². The standard InChI is InChI=1S/C10H12F3NO2S/c1-7-3-2-4-8(9(7)14)17(15,16)6-5-10(11,12)13/h2-4H,5-6,14H2,1H3. The van der Waals surface area contributed by atoms with E-state index in [9.17, 15) is 21.6 Å². The summed E-state index contributed by atoms with van der Waals surface area (Å²) in [6.07, 6.45) is -5.87. The van der Waals surface area contributed by atoms with E-state index in [0.29, 0.717) is 5.56 Å². The van der Waals surface area contributed by atoms with Crippen molar-refractivity contribution in [1.29, 1.82) is 0 Å². The Labute approximate surface area is 97.4 Å². The Morgan fingerprint density at radius 1 is 1.29 bits per heavy atom. The maximum absolute atomic E-state index is 12.0. The number of benzene rings is 1. The molecule has 0 fully saturated rings. The molecule has 0 spiro atoms. The fraction of sp³-hybridized carbons (Fsp3) is 0.400. The van der Waals surface area contributed by atoms with Crippen LogP contribution in [0.3, 0.4) is 0 Å². The number of rotatable bonds is 3. The van der Waals surface area contributed by atoms with Crippen molar-refractivity contribution in [2.24, 2.45) is 0 Å². The first kappa shape index (κ1) is 13.8. The fourth-order valence-electron chi connectivity index (χ4n) is 1.28. The number of nitrogens with two attached hydrogens (primary N) is 1. The van der Waals surface area contributed by atoms with E-state index in [1.165, 1.54) is 12.1 Å². The molecule has 0 aliphatic heterocycles. The van der Waals surface area contributed by atoms with E-state index < -0.39 is 28.2 Å². The molecule has 0 atom stereocenters. The summed E-state index contributed by atoms with van der Waals surface area (Å²) in [4.78, 5) is -0.234. The zero-order valence-corrected chi connectivity index (χ0v) is 9.90. The molecule has 2 N–H and O–H groups in total. The molecule has 1 aromatic rings. The third-order valence-corrected chi connectivity index (χ3v) is 4.04. The van der Waals surface area contributed by atoms with E-state index >= 15 is 0 Å². The first-order valence-electron chi connectivity index (χ1n) is 4.78. The molecule has 0 radical (unpaired) electrons. The van der Waals surface area contributed by atoms with Crippen molar-refractivity contribution >= 4 is 15.5 Å². The van der Waals surface area contributed by atoms with Crippen LogP contribution < -0.4 is 5.73 Å². The van der Waals surface area contributed by atoms with Crippen LogP contribution in [0.2, 0.25) is 0 Å². The smallest absolute Gasteiger partial charge is 0.390 e. The Hall–Kier alpha value is -1.24. The highest BCUT2D eigenvalue weighted by Gasteiger charge is 2.31. The van der Waals surface area contributed by atoms with Crippen LogP contribution in [0, 0.1) is 6.92 Å². The van der Waals surface area contributed by atoms with Crippen molar-refractivity contribution in [3.05, 3.63) is 23.8 Å². The second-order valence-corrected chi connectivity index (χ2v) is 5.75. The summed E-state index contributed by atoms with van der Waals surface area (Å²) in [5.41, 5.74) is 6.08. The van der Waals surface area contributed by atoms with Gasteiger partial charge in [-0.25, -0.2) is 8.42 Å². The van der Waals surface area contributed by atoms with E-state index in [1.807, 2.05) is 0 Å². The van der Waals surface area contributed by atoms with Crippen LogP contribution in [-0.4, -0.2) is 20.3 Å². The SMILES string of the molecule is Cc1cccc(S(=O)(=O)CCC(F)(F)F)c1N. The molecule has 0 saturated heterocycles. The molecule has 0 heterocycles. The molecule has 0 aliphatic carbocycles. The predicted octanol–water partition coefficient (Wildman–Crippen LogP) is 2.30. The molecule has 0 bridgehead atoms. The third kappa shape index (κ3) is 3.62. The van der Waals surface area contributed by atoms with Crippen molar-refractivity contribution in [3.8, 4) is 0 Å². The van der Waals surface area contributed by atoms with Gasteiger partial charge in [-0.2, -0.15) is 13.2 Å². The Morgan fingerprint density at radius 3 is 2.41 bits per heavy atom. The molecule has 1 rings (SSSR count). The average molecular weight is 267 g/mol. The number of hydrogen-bond acceptors (Lipinski definition) is 3. The number of alkyl halides is 3. The normalized spacial score (nSPS) is 12.7. The third-order valence-electron chi connectivity index (χ3n) is 2.27. The van der Waals surface area contributed by atoms with Gasteiger partial charge in [-0.05, 0) is 18.6 Å². The van der Waals surface area contributed by atoms with Gasteiger partial charge in [0.2, 0.25) is 0 Å². The topological polar surface area (TPSA) is 60.2 Å². The quantitative estimate of drug-likeness (QED) is 0.855. The van der Waals surface area contributed by atoms with Crippen LogP contribution in [0.5, 0.6) is 0 Å². The van der Waals surface area contributed by atoms with Gasteiger partial charge in [-0.15, -0.1) is 0 Å². The minimum Gasteiger partial charge on any atom is -0.397 e. The summed E-state index contributed by atoms with van der Waals surface area (Å²) >= 11 is 0. The van der Waals surface area contributed by atoms with Gasteiger partial charge >= 0.3 is 6.18 Å². The molecule has 0 aliphatic rings. The molecule has 17 heavy (non-hydrogen) atoms. The lowest BCUT2D eigenvalue weighted by Crippen LogP contribution is -2.17. The van der Waals surface area contributed by atoms with E-state index in [1.54, 1.807) is 13.0 Å². The number of nitrogen functional groups attached to an aromatic ring is 1. The number of halogens is 3. The van der Waals surface area contributed by atoms with Gasteiger partial charge in [-0.1, -0.05) is 12.1 Å². The largest absolute Gasteiger partial charge is 0.397 e. The number of aryl methyl sites for hydroxylation is 1. The lowest BCUT2D eigenvalue weighted by atomic mass is 10.2. The lowest BCUT2D eigenvalue weighted by Gasteiger charge is -2.10. The Morgan fingerprint density at radius 2 is 1.88 bits per heavy atom. The maximum Gasteiger partial charge on any atom is 0.390 e. The molecule has 3 nitrogen and oxygen atoms in total. The van der Waals surface area contributed by atoms with Gasteiger partial charge in [0.05, 0.1) is 22.8 Å². The summed E-state index contributed by atoms with van der Waals surface area (Å²) < 4.78 is 59.3. The summed E-state index contributed by atoms with van der Waals surface area (Å²) in [6.45, 7) is 1.60. The van der Waals surface area contributed by atoms with E-state index in [2.05, 4.69) is 0 Å². The van der Waals surface area contributed by atoms with Crippen LogP contribution in [0.15, 0.2) is 23.1 Å². The molecule has 1 aromatic carbocycles. The Bertz CT molecular complexity index is 509. The summed E-state index contributed by atoms with van der Waals surface area (Å²) in [7, 11) is -3.99. The van der Waals surface area contributed by atoms with E-state index in [-0.39, 0.29) is 10.6 Å². The highest BCUT2D eigenvalue weighted by atomic mass is 32.2. The zero-order chi connectivity index (χ0) is 13.3. The second kappa shape index (κ2) is 4.56. The molecular formula is C10H12F3NO2S. The van der Waals surface area contributed by atoms with Gasteiger partial charge in [0.15, 0.2) is 9.84 Å². The molecule has 0 unspecified atom stereocenters. The number of para-hydroxylation sites is 1. The average Bonchev–Trinajstić information content (AvgIpc) is 2.18.